The van der Waals surface area contributed by atoms with Crippen LogP contribution in [0.3, 0.4) is 0 Å². The van der Waals surface area contributed by atoms with Crippen molar-refractivity contribution in [2.24, 2.45) is 4.99 Å². The van der Waals surface area contributed by atoms with Crippen molar-refractivity contribution >= 4 is 23.4 Å². The number of fused-ring (bicyclic) bond motifs is 1. The number of ether oxygens (including phenoxy) is 2. The molecular formula is C31H25N3O4S. The Morgan fingerprint density at radius 2 is 1.79 bits per heavy atom. The molecule has 1 aliphatic heterocycles. The summed E-state index contributed by atoms with van der Waals surface area (Å²) in [6.07, 6.45) is 1.81. The topological polar surface area (TPSA) is 93.7 Å². The monoisotopic (exact) mass is 535 g/mol. The van der Waals surface area contributed by atoms with E-state index in [4.69, 9.17) is 9.47 Å². The van der Waals surface area contributed by atoms with Gasteiger partial charge in [-0.15, -0.1) is 0 Å². The molecule has 4 aromatic rings. The number of rotatable bonds is 7. The highest BCUT2D eigenvalue weighted by Gasteiger charge is 2.33. The number of allylic oxidation sites excluding steroid dienone is 1. The first-order valence-electron chi connectivity index (χ1n) is 12.5. The summed E-state index contributed by atoms with van der Waals surface area (Å²) in [5.41, 5.74) is 3.70. The Labute approximate surface area is 229 Å². The molecular weight excluding hydrogens is 510 g/mol. The number of hydrogen-bond acceptors (Lipinski definition) is 7. The zero-order valence-corrected chi connectivity index (χ0v) is 22.3. The number of thiazole rings is 1. The minimum Gasteiger partial charge on any atom is -0.489 e. The molecule has 1 aliphatic rings. The van der Waals surface area contributed by atoms with Gasteiger partial charge in [0.1, 0.15) is 12.4 Å². The lowest BCUT2D eigenvalue weighted by atomic mass is 9.96. The van der Waals surface area contributed by atoms with Crippen LogP contribution in [0.15, 0.2) is 99.9 Å². The van der Waals surface area contributed by atoms with Gasteiger partial charge in [-0.25, -0.2) is 9.79 Å². The molecule has 0 saturated heterocycles. The van der Waals surface area contributed by atoms with Crippen LogP contribution in [-0.2, 0) is 16.1 Å². The fourth-order valence-electron chi connectivity index (χ4n) is 4.47. The smallest absolute Gasteiger partial charge is 0.338 e. The number of carbonyl (C=O) groups is 1. The van der Waals surface area contributed by atoms with Crippen molar-refractivity contribution in [3.05, 3.63) is 132 Å². The molecule has 3 aromatic carbocycles. The van der Waals surface area contributed by atoms with Crippen LogP contribution in [-0.4, -0.2) is 17.1 Å². The summed E-state index contributed by atoms with van der Waals surface area (Å²) in [6, 6.07) is 25.7. The average molecular weight is 536 g/mol. The average Bonchev–Trinajstić information content (AvgIpc) is 3.26. The summed E-state index contributed by atoms with van der Waals surface area (Å²) in [5, 5.41) is 9.27. The van der Waals surface area contributed by atoms with E-state index in [1.54, 1.807) is 24.5 Å². The number of nitriles is 1. The van der Waals surface area contributed by atoms with E-state index in [1.807, 2.05) is 78.9 Å². The molecule has 8 heteroatoms. The third-order valence-corrected chi connectivity index (χ3v) is 7.33. The predicted molar refractivity (Wildman–Crippen MR) is 149 cm³/mol. The maximum absolute atomic E-state index is 13.7. The van der Waals surface area contributed by atoms with Gasteiger partial charge in [-0.3, -0.25) is 9.36 Å². The molecule has 0 aliphatic carbocycles. The Balaban J connectivity index is 1.48. The molecule has 0 bridgehead atoms. The van der Waals surface area contributed by atoms with Crippen molar-refractivity contribution in [1.29, 1.82) is 5.26 Å². The normalized spacial score (nSPS) is 14.8. The minimum absolute atomic E-state index is 0.227. The number of esters is 1. The molecule has 0 fully saturated rings. The standard InChI is InChI=1S/C31H25N3O4S/c1-3-37-30(36)27-20(2)33-31-34(28(27)22-9-5-4-6-10-22)29(35)26(39-31)17-21-13-15-25(16-14-21)38-19-24-12-8-7-11-23(24)18-32/h4-17,28H,3,19H2,1-2H3/b26-17+/t28-/m1/s1. The predicted octanol–water partition coefficient (Wildman–Crippen LogP) is 4.25. The molecule has 0 unspecified atom stereocenters. The maximum atomic E-state index is 13.7. The van der Waals surface area contributed by atoms with Crippen molar-refractivity contribution in [2.45, 2.75) is 26.5 Å². The van der Waals surface area contributed by atoms with Gasteiger partial charge in [0.05, 0.1) is 40.1 Å². The van der Waals surface area contributed by atoms with Crippen LogP contribution < -0.4 is 19.6 Å². The van der Waals surface area contributed by atoms with Gasteiger partial charge in [-0.1, -0.05) is 72.0 Å². The van der Waals surface area contributed by atoms with Gasteiger partial charge >= 0.3 is 5.97 Å². The number of carbonyl (C=O) groups excluding carboxylic acids is 1. The van der Waals surface area contributed by atoms with Gasteiger partial charge in [0.25, 0.3) is 5.56 Å². The van der Waals surface area contributed by atoms with E-state index in [9.17, 15) is 14.9 Å². The van der Waals surface area contributed by atoms with E-state index in [0.717, 1.165) is 16.7 Å². The van der Waals surface area contributed by atoms with E-state index in [0.29, 0.717) is 31.9 Å². The second-order valence-corrected chi connectivity index (χ2v) is 9.85. The number of nitrogens with zero attached hydrogens (tertiary/aromatic N) is 3. The molecule has 0 spiro atoms. The highest BCUT2D eigenvalue weighted by molar-refractivity contribution is 7.07. The van der Waals surface area contributed by atoms with E-state index in [-0.39, 0.29) is 18.8 Å². The third-order valence-electron chi connectivity index (χ3n) is 6.34. The van der Waals surface area contributed by atoms with Gasteiger partial charge in [-0.05, 0) is 49.2 Å². The summed E-state index contributed by atoms with van der Waals surface area (Å²) in [6.45, 7) is 4.03. The van der Waals surface area contributed by atoms with Crippen LogP contribution in [0.1, 0.15) is 42.1 Å². The van der Waals surface area contributed by atoms with Crippen molar-refractivity contribution < 1.29 is 14.3 Å². The largest absolute Gasteiger partial charge is 0.489 e. The molecule has 7 nitrogen and oxygen atoms in total. The van der Waals surface area contributed by atoms with E-state index >= 15 is 0 Å². The molecule has 0 N–H and O–H groups in total. The van der Waals surface area contributed by atoms with E-state index in [2.05, 4.69) is 11.1 Å². The first-order chi connectivity index (χ1) is 19.0. The van der Waals surface area contributed by atoms with Gasteiger partial charge in [0.2, 0.25) is 0 Å². The maximum Gasteiger partial charge on any atom is 0.338 e. The van der Waals surface area contributed by atoms with Crippen LogP contribution in [0.25, 0.3) is 6.08 Å². The summed E-state index contributed by atoms with van der Waals surface area (Å²) >= 11 is 1.28. The van der Waals surface area contributed by atoms with Gasteiger partial charge in [0.15, 0.2) is 4.80 Å². The Kier molecular flexibility index (Phi) is 7.53. The second kappa shape index (κ2) is 11.3. The summed E-state index contributed by atoms with van der Waals surface area (Å²) < 4.78 is 13.3. The molecule has 2 heterocycles. The molecule has 1 atom stereocenters. The molecule has 0 amide bonds. The van der Waals surface area contributed by atoms with Crippen molar-refractivity contribution in [3.8, 4) is 11.8 Å². The molecule has 0 saturated carbocycles. The fraction of sp³-hybridized carbons (Fsp3) is 0.161. The third kappa shape index (κ3) is 5.31. The zero-order valence-electron chi connectivity index (χ0n) is 21.5. The van der Waals surface area contributed by atoms with Crippen LogP contribution in [0.2, 0.25) is 0 Å². The summed E-state index contributed by atoms with van der Waals surface area (Å²) in [4.78, 5) is 31.8. The van der Waals surface area contributed by atoms with Crippen LogP contribution in [0.4, 0.5) is 0 Å². The first-order valence-corrected chi connectivity index (χ1v) is 13.3. The van der Waals surface area contributed by atoms with Crippen molar-refractivity contribution in [3.63, 3.8) is 0 Å². The fourth-order valence-corrected chi connectivity index (χ4v) is 5.52. The van der Waals surface area contributed by atoms with Gasteiger partial charge in [-0.2, -0.15) is 5.26 Å². The Bertz CT molecular complexity index is 1780. The SMILES string of the molecule is CCOC(=O)C1=C(C)N=c2s/c(=C/c3ccc(OCc4ccccc4C#N)cc3)c(=O)n2[C@@H]1c1ccccc1. The quantitative estimate of drug-likeness (QED) is 0.330. The van der Waals surface area contributed by atoms with Gasteiger partial charge < -0.3 is 9.47 Å². The Hall–Kier alpha value is -4.74. The second-order valence-electron chi connectivity index (χ2n) is 8.84. The molecule has 39 heavy (non-hydrogen) atoms. The highest BCUT2D eigenvalue weighted by Crippen LogP contribution is 2.30. The molecule has 194 valence electrons. The highest BCUT2D eigenvalue weighted by atomic mass is 32.1. The Morgan fingerprint density at radius 3 is 2.51 bits per heavy atom. The summed E-state index contributed by atoms with van der Waals surface area (Å²) in [5.74, 6) is 0.176. The minimum atomic E-state index is -0.629. The zero-order chi connectivity index (χ0) is 27.4. The lowest BCUT2D eigenvalue weighted by Gasteiger charge is -2.24. The lowest BCUT2D eigenvalue weighted by Crippen LogP contribution is -2.39. The van der Waals surface area contributed by atoms with Crippen LogP contribution in [0, 0.1) is 11.3 Å². The van der Waals surface area contributed by atoms with Crippen LogP contribution in [0.5, 0.6) is 5.75 Å². The van der Waals surface area contributed by atoms with Crippen molar-refractivity contribution in [1.82, 2.24) is 4.57 Å². The first kappa shape index (κ1) is 25.9. The summed E-state index contributed by atoms with van der Waals surface area (Å²) in [7, 11) is 0. The Morgan fingerprint density at radius 1 is 1.08 bits per heavy atom. The van der Waals surface area contributed by atoms with E-state index in [1.165, 1.54) is 11.3 Å². The molecule has 1 aromatic heterocycles. The number of hydrogen-bond donors (Lipinski definition) is 0. The van der Waals surface area contributed by atoms with Crippen LogP contribution >= 0.6 is 11.3 Å². The molecule has 5 rings (SSSR count). The van der Waals surface area contributed by atoms with Crippen molar-refractivity contribution in [2.75, 3.05) is 6.61 Å². The number of aromatic nitrogens is 1. The lowest BCUT2D eigenvalue weighted by molar-refractivity contribution is -0.139. The van der Waals surface area contributed by atoms with Gasteiger partial charge in [0, 0.05) is 5.56 Å². The number of benzene rings is 3. The van der Waals surface area contributed by atoms with E-state index < -0.39 is 12.0 Å². The molecule has 0 radical (unpaired) electrons.